The van der Waals surface area contributed by atoms with Gasteiger partial charge in [0.2, 0.25) is 0 Å². The second-order valence-corrected chi connectivity index (χ2v) is 4.70. The van der Waals surface area contributed by atoms with E-state index in [2.05, 4.69) is 15.2 Å². The molecule has 0 spiro atoms. The molecule has 0 atom stereocenters. The van der Waals surface area contributed by atoms with Crippen molar-refractivity contribution in [3.8, 4) is 0 Å². The van der Waals surface area contributed by atoms with E-state index in [-0.39, 0.29) is 5.69 Å². The molecule has 16 heavy (non-hydrogen) atoms. The predicted octanol–water partition coefficient (Wildman–Crippen LogP) is 0.243. The summed E-state index contributed by atoms with van der Waals surface area (Å²) >= 11 is 0. The van der Waals surface area contributed by atoms with Gasteiger partial charge in [-0.3, -0.25) is 4.90 Å². The van der Waals surface area contributed by atoms with Gasteiger partial charge in [-0.1, -0.05) is 5.21 Å². The molecule has 0 amide bonds. The lowest BCUT2D eigenvalue weighted by molar-refractivity contribution is 0.0690. The molecule has 1 aliphatic heterocycles. The fourth-order valence-electron chi connectivity index (χ4n) is 2.08. The predicted molar refractivity (Wildman–Crippen MR) is 55.2 cm³/mol. The molecule has 2 fully saturated rings. The topological polar surface area (TPSA) is 71.2 Å². The Bertz CT molecular complexity index is 407. The van der Waals surface area contributed by atoms with Crippen molar-refractivity contribution in [2.45, 2.75) is 18.9 Å². The van der Waals surface area contributed by atoms with Crippen LogP contribution in [0.2, 0.25) is 0 Å². The van der Waals surface area contributed by atoms with E-state index in [1.54, 1.807) is 4.68 Å². The van der Waals surface area contributed by atoms with Gasteiger partial charge in [0.1, 0.15) is 0 Å². The van der Waals surface area contributed by atoms with Gasteiger partial charge in [-0.15, -0.1) is 5.10 Å². The summed E-state index contributed by atoms with van der Waals surface area (Å²) in [5.41, 5.74) is 0.0284. The van der Waals surface area contributed by atoms with E-state index < -0.39 is 5.97 Å². The molecule has 0 radical (unpaired) electrons. The molecule has 0 unspecified atom stereocenters. The van der Waals surface area contributed by atoms with Gasteiger partial charge >= 0.3 is 5.97 Å². The molecular formula is C10H14N4O2. The van der Waals surface area contributed by atoms with Gasteiger partial charge in [-0.05, 0) is 18.8 Å². The zero-order chi connectivity index (χ0) is 11.1. The summed E-state index contributed by atoms with van der Waals surface area (Å²) in [6, 6.07) is 0.305. The summed E-state index contributed by atoms with van der Waals surface area (Å²) in [5.74, 6) is -0.105. The van der Waals surface area contributed by atoms with E-state index in [1.165, 1.54) is 25.6 Å². The third-order valence-corrected chi connectivity index (χ3v) is 3.25. The molecule has 0 bridgehead atoms. The van der Waals surface area contributed by atoms with Crippen LogP contribution in [0.5, 0.6) is 0 Å². The second-order valence-electron chi connectivity index (χ2n) is 4.70. The van der Waals surface area contributed by atoms with Gasteiger partial charge in [0.25, 0.3) is 0 Å². The van der Waals surface area contributed by atoms with E-state index in [4.69, 9.17) is 5.11 Å². The Morgan fingerprint density at radius 1 is 1.50 bits per heavy atom. The third-order valence-electron chi connectivity index (χ3n) is 3.25. The molecule has 1 saturated heterocycles. The first-order chi connectivity index (χ1) is 7.72. The Hall–Kier alpha value is -1.43. The van der Waals surface area contributed by atoms with Crippen molar-refractivity contribution in [1.29, 1.82) is 0 Å². The van der Waals surface area contributed by atoms with E-state index in [0.29, 0.717) is 6.04 Å². The first kappa shape index (κ1) is 9.77. The average Bonchev–Trinajstić information content (AvgIpc) is 2.86. The van der Waals surface area contributed by atoms with Gasteiger partial charge in [0.05, 0.1) is 12.2 Å². The maximum absolute atomic E-state index is 10.6. The maximum atomic E-state index is 10.6. The van der Waals surface area contributed by atoms with Gasteiger partial charge in [-0.2, -0.15) is 0 Å². The number of hydrogen-bond donors (Lipinski definition) is 1. The molecule has 2 aliphatic rings. The standard InChI is InChI=1S/C10H14N4O2/c15-10(16)9-6-14(12-11-9)8-4-13(5-8)3-7-1-2-7/h6-8H,1-5H2,(H,15,16). The van der Waals surface area contributed by atoms with Crippen molar-refractivity contribution in [2.75, 3.05) is 19.6 Å². The van der Waals surface area contributed by atoms with Gasteiger partial charge in [0.15, 0.2) is 5.69 Å². The molecule has 6 nitrogen and oxygen atoms in total. The van der Waals surface area contributed by atoms with E-state index in [0.717, 1.165) is 19.0 Å². The van der Waals surface area contributed by atoms with Crippen LogP contribution < -0.4 is 0 Å². The molecular weight excluding hydrogens is 208 g/mol. The van der Waals surface area contributed by atoms with Crippen LogP contribution in [-0.4, -0.2) is 50.6 Å². The number of nitrogens with zero attached hydrogens (tertiary/aromatic N) is 4. The third kappa shape index (κ3) is 1.80. The molecule has 1 saturated carbocycles. The molecule has 86 valence electrons. The minimum atomic E-state index is -1.01. The lowest BCUT2D eigenvalue weighted by Crippen LogP contribution is -2.48. The average molecular weight is 222 g/mol. The van der Waals surface area contributed by atoms with E-state index in [9.17, 15) is 4.79 Å². The highest BCUT2D eigenvalue weighted by atomic mass is 16.4. The highest BCUT2D eigenvalue weighted by molar-refractivity contribution is 5.84. The van der Waals surface area contributed by atoms with Crippen LogP contribution in [-0.2, 0) is 0 Å². The number of rotatable bonds is 4. The smallest absolute Gasteiger partial charge is 0.358 e. The fraction of sp³-hybridized carbons (Fsp3) is 0.700. The van der Waals surface area contributed by atoms with Crippen LogP contribution in [0.25, 0.3) is 0 Å². The summed E-state index contributed by atoms with van der Waals surface area (Å²) < 4.78 is 1.67. The molecule has 3 rings (SSSR count). The summed E-state index contributed by atoms with van der Waals surface area (Å²) in [6.45, 7) is 3.13. The molecule has 2 heterocycles. The quantitative estimate of drug-likeness (QED) is 0.790. The Balaban J connectivity index is 1.55. The summed E-state index contributed by atoms with van der Waals surface area (Å²) in [5, 5.41) is 16.2. The Morgan fingerprint density at radius 2 is 2.25 bits per heavy atom. The Labute approximate surface area is 92.9 Å². The Kier molecular flexibility index (Phi) is 2.17. The van der Waals surface area contributed by atoms with Crippen LogP contribution in [0, 0.1) is 5.92 Å². The van der Waals surface area contributed by atoms with E-state index >= 15 is 0 Å². The van der Waals surface area contributed by atoms with Crippen LogP contribution in [0.15, 0.2) is 6.20 Å². The number of hydrogen-bond acceptors (Lipinski definition) is 4. The number of aromatic nitrogens is 3. The van der Waals surface area contributed by atoms with Crippen molar-refractivity contribution in [3.05, 3.63) is 11.9 Å². The zero-order valence-corrected chi connectivity index (χ0v) is 8.91. The van der Waals surface area contributed by atoms with Crippen molar-refractivity contribution >= 4 is 5.97 Å². The highest BCUT2D eigenvalue weighted by Crippen LogP contribution is 2.32. The SMILES string of the molecule is O=C(O)c1cn(C2CN(CC3CC3)C2)nn1. The van der Waals surface area contributed by atoms with Crippen LogP contribution in [0.3, 0.4) is 0 Å². The van der Waals surface area contributed by atoms with Crippen LogP contribution in [0.4, 0.5) is 0 Å². The number of carboxylic acid groups (broad SMARTS) is 1. The minimum Gasteiger partial charge on any atom is -0.476 e. The first-order valence-corrected chi connectivity index (χ1v) is 5.60. The normalized spacial score (nSPS) is 22.0. The second kappa shape index (κ2) is 3.55. The minimum absolute atomic E-state index is 0.0284. The highest BCUT2D eigenvalue weighted by Gasteiger charge is 2.33. The van der Waals surface area contributed by atoms with Gasteiger partial charge in [-0.25, -0.2) is 9.48 Å². The lowest BCUT2D eigenvalue weighted by Gasteiger charge is -2.38. The number of carboxylic acids is 1. The van der Waals surface area contributed by atoms with Crippen molar-refractivity contribution in [1.82, 2.24) is 19.9 Å². The lowest BCUT2D eigenvalue weighted by atomic mass is 10.1. The fourth-order valence-corrected chi connectivity index (χ4v) is 2.08. The maximum Gasteiger partial charge on any atom is 0.358 e. The summed E-state index contributed by atoms with van der Waals surface area (Å²) in [4.78, 5) is 13.0. The monoisotopic (exact) mass is 222 g/mol. The first-order valence-electron chi connectivity index (χ1n) is 5.60. The molecule has 1 N–H and O–H groups in total. The molecule has 1 aromatic rings. The van der Waals surface area contributed by atoms with Crippen LogP contribution in [0.1, 0.15) is 29.4 Å². The molecule has 0 aromatic carbocycles. The van der Waals surface area contributed by atoms with Crippen molar-refractivity contribution < 1.29 is 9.90 Å². The van der Waals surface area contributed by atoms with Crippen molar-refractivity contribution in [2.24, 2.45) is 5.92 Å². The largest absolute Gasteiger partial charge is 0.476 e. The summed E-state index contributed by atoms with van der Waals surface area (Å²) in [7, 11) is 0. The molecule has 1 aromatic heterocycles. The molecule has 1 aliphatic carbocycles. The zero-order valence-electron chi connectivity index (χ0n) is 8.91. The van der Waals surface area contributed by atoms with Crippen LogP contribution >= 0.6 is 0 Å². The molecule has 6 heteroatoms. The van der Waals surface area contributed by atoms with Gasteiger partial charge < -0.3 is 5.11 Å². The van der Waals surface area contributed by atoms with E-state index in [1.807, 2.05) is 0 Å². The number of likely N-dealkylation sites (tertiary alicyclic amines) is 1. The number of aromatic carboxylic acids is 1. The summed E-state index contributed by atoms with van der Waals surface area (Å²) in [6.07, 6.45) is 4.25. The van der Waals surface area contributed by atoms with Gasteiger partial charge in [0, 0.05) is 19.6 Å². The number of carbonyl (C=O) groups is 1. The van der Waals surface area contributed by atoms with Crippen molar-refractivity contribution in [3.63, 3.8) is 0 Å². The Morgan fingerprint density at radius 3 is 2.81 bits per heavy atom.